The lowest BCUT2D eigenvalue weighted by Gasteiger charge is -2.18. The molecule has 0 saturated heterocycles. The van der Waals surface area contributed by atoms with Crippen LogP contribution in [-0.4, -0.2) is 73.2 Å². The van der Waals surface area contributed by atoms with E-state index in [2.05, 4.69) is 45.3 Å². The van der Waals surface area contributed by atoms with Gasteiger partial charge in [-0.05, 0) is 57.4 Å². The van der Waals surface area contributed by atoms with Gasteiger partial charge in [0, 0.05) is 32.5 Å². The summed E-state index contributed by atoms with van der Waals surface area (Å²) in [6.45, 7) is 3.64. The van der Waals surface area contributed by atoms with Gasteiger partial charge in [0.05, 0.1) is 36.0 Å². The lowest BCUT2D eigenvalue weighted by atomic mass is 10.3. The number of rotatable bonds is 10. The van der Waals surface area contributed by atoms with Gasteiger partial charge in [-0.3, -0.25) is 9.25 Å². The van der Waals surface area contributed by atoms with E-state index in [1.54, 1.807) is 36.3 Å². The summed E-state index contributed by atoms with van der Waals surface area (Å²) in [7, 11) is 7.70. The van der Waals surface area contributed by atoms with Crippen LogP contribution in [0.25, 0.3) is 11.2 Å². The Hall–Kier alpha value is -4.92. The molecule has 0 atom stereocenters. The van der Waals surface area contributed by atoms with Crippen molar-refractivity contribution < 1.29 is 17.9 Å². The molecule has 0 aliphatic carbocycles. The number of aryl methyl sites for hydroxylation is 1. The average molecular weight is 582 g/mol. The van der Waals surface area contributed by atoms with E-state index >= 15 is 0 Å². The number of ether oxygens (including phenoxy) is 1. The van der Waals surface area contributed by atoms with Crippen LogP contribution >= 0.6 is 0 Å². The molecule has 0 radical (unpaired) electrons. The molecule has 5 rings (SSSR count). The molecule has 2 N–H and O–H groups in total. The second-order valence-corrected chi connectivity index (χ2v) is 9.82. The Bertz CT molecular complexity index is 1680. The van der Waals surface area contributed by atoms with Gasteiger partial charge >= 0.3 is 6.36 Å². The van der Waals surface area contributed by atoms with E-state index < -0.39 is 6.36 Å². The van der Waals surface area contributed by atoms with E-state index in [9.17, 15) is 13.2 Å². The molecule has 15 heteroatoms. The van der Waals surface area contributed by atoms with E-state index in [1.165, 1.54) is 24.3 Å². The van der Waals surface area contributed by atoms with Crippen LogP contribution in [0.4, 0.5) is 47.9 Å². The third kappa shape index (κ3) is 6.52. The SMILES string of the molecule is Cc1c(Nc2nccc(N(C)c3cnc4c(c3)nc(Nc3ccc(OC(F)(F)F)cc3)n4C)n2)cnn1CCN(C)C. The summed E-state index contributed by atoms with van der Waals surface area (Å²) < 4.78 is 45.0. The summed E-state index contributed by atoms with van der Waals surface area (Å²) in [5.41, 5.74) is 4.35. The van der Waals surface area contributed by atoms with Crippen molar-refractivity contribution >= 4 is 45.9 Å². The molecule has 0 amide bonds. The van der Waals surface area contributed by atoms with Crippen LogP contribution in [0.5, 0.6) is 5.75 Å². The van der Waals surface area contributed by atoms with Gasteiger partial charge in [0.2, 0.25) is 11.9 Å². The first-order valence-corrected chi connectivity index (χ1v) is 12.9. The highest BCUT2D eigenvalue weighted by Crippen LogP contribution is 2.29. The third-order valence-electron chi connectivity index (χ3n) is 6.52. The zero-order valence-corrected chi connectivity index (χ0v) is 23.7. The fraction of sp³-hybridized carbons (Fsp3) is 0.296. The Labute approximate surface area is 239 Å². The van der Waals surface area contributed by atoms with Crippen molar-refractivity contribution in [1.29, 1.82) is 0 Å². The summed E-state index contributed by atoms with van der Waals surface area (Å²) in [5.74, 6) is 1.24. The zero-order chi connectivity index (χ0) is 30.0. The van der Waals surface area contributed by atoms with Crippen LogP contribution in [0.15, 0.2) is 55.0 Å². The van der Waals surface area contributed by atoms with Crippen LogP contribution in [0.2, 0.25) is 0 Å². The lowest BCUT2D eigenvalue weighted by molar-refractivity contribution is -0.274. The normalized spacial score (nSPS) is 11.7. The quantitative estimate of drug-likeness (QED) is 0.234. The topological polar surface area (TPSA) is 114 Å². The number of anilines is 6. The number of pyridine rings is 1. The highest BCUT2D eigenvalue weighted by atomic mass is 19.4. The monoisotopic (exact) mass is 581 g/mol. The molecule has 0 saturated carbocycles. The molecule has 4 heterocycles. The fourth-order valence-corrected chi connectivity index (χ4v) is 4.17. The van der Waals surface area contributed by atoms with Gasteiger partial charge in [-0.15, -0.1) is 13.2 Å². The minimum atomic E-state index is -4.75. The lowest BCUT2D eigenvalue weighted by Crippen LogP contribution is -2.19. The molecule has 0 aliphatic rings. The molecule has 0 unspecified atom stereocenters. The molecule has 0 fully saturated rings. The summed E-state index contributed by atoms with van der Waals surface area (Å²) in [5, 5.41) is 10.8. The van der Waals surface area contributed by atoms with Crippen molar-refractivity contribution in [2.24, 2.45) is 7.05 Å². The standard InChI is InChI=1S/C27H30F3N11O/c1-17-22(16-33-41(17)13-12-38(2)3)35-25-31-11-10-23(37-25)39(4)19-14-21-24(32-15-19)40(5)26(36-21)34-18-6-8-20(9-7-18)42-27(28,29)30/h6-11,14-16H,12-13H2,1-5H3,(H,34,36)(H,31,35,37). The summed E-state index contributed by atoms with van der Waals surface area (Å²) >= 11 is 0. The van der Waals surface area contributed by atoms with E-state index in [4.69, 9.17) is 0 Å². The number of fused-ring (bicyclic) bond motifs is 1. The number of benzene rings is 1. The number of alkyl halides is 3. The largest absolute Gasteiger partial charge is 0.573 e. The molecule has 1 aromatic carbocycles. The van der Waals surface area contributed by atoms with Gasteiger partial charge in [-0.1, -0.05) is 0 Å². The second-order valence-electron chi connectivity index (χ2n) is 9.82. The average Bonchev–Trinajstić information content (AvgIpc) is 3.45. The Morgan fingerprint density at radius 2 is 1.74 bits per heavy atom. The molecular weight excluding hydrogens is 551 g/mol. The number of imidazole rings is 1. The summed E-state index contributed by atoms with van der Waals surface area (Å²) in [6.07, 6.45) is 0.402. The summed E-state index contributed by atoms with van der Waals surface area (Å²) in [4.78, 5) is 22.2. The first-order valence-electron chi connectivity index (χ1n) is 12.9. The fourth-order valence-electron chi connectivity index (χ4n) is 4.17. The zero-order valence-electron chi connectivity index (χ0n) is 23.7. The molecule has 42 heavy (non-hydrogen) atoms. The number of aromatic nitrogens is 7. The van der Waals surface area contributed by atoms with E-state index in [1.807, 2.05) is 43.7 Å². The van der Waals surface area contributed by atoms with Gasteiger partial charge in [0.15, 0.2) is 5.65 Å². The molecule has 0 aliphatic heterocycles. The smallest absolute Gasteiger partial charge is 0.406 e. The van der Waals surface area contributed by atoms with Gasteiger partial charge in [0.1, 0.15) is 17.1 Å². The van der Waals surface area contributed by atoms with Crippen molar-refractivity contribution in [3.63, 3.8) is 0 Å². The number of hydrogen-bond donors (Lipinski definition) is 2. The molecule has 5 aromatic rings. The van der Waals surface area contributed by atoms with E-state index in [0.717, 1.165) is 30.2 Å². The first kappa shape index (κ1) is 28.6. The van der Waals surface area contributed by atoms with Crippen molar-refractivity contribution in [1.82, 2.24) is 39.2 Å². The Morgan fingerprint density at radius 1 is 0.976 bits per heavy atom. The molecule has 220 valence electrons. The predicted molar refractivity (Wildman–Crippen MR) is 154 cm³/mol. The predicted octanol–water partition coefficient (Wildman–Crippen LogP) is 4.98. The maximum atomic E-state index is 12.4. The van der Waals surface area contributed by atoms with Crippen LogP contribution < -0.4 is 20.3 Å². The van der Waals surface area contributed by atoms with E-state index in [-0.39, 0.29) is 5.75 Å². The number of likely N-dealkylation sites (N-methyl/N-ethyl adjacent to an activating group) is 1. The first-order chi connectivity index (χ1) is 20.0. The van der Waals surface area contributed by atoms with Crippen LogP contribution in [0, 0.1) is 6.92 Å². The van der Waals surface area contributed by atoms with Crippen LogP contribution in [-0.2, 0) is 13.6 Å². The molecule has 12 nitrogen and oxygen atoms in total. The molecular formula is C27H30F3N11O. The van der Waals surface area contributed by atoms with Gasteiger partial charge in [-0.25, -0.2) is 15.0 Å². The molecule has 0 bridgehead atoms. The Balaban J connectivity index is 1.31. The van der Waals surface area contributed by atoms with Crippen molar-refractivity contribution in [3.8, 4) is 5.75 Å². The second kappa shape index (κ2) is 11.5. The maximum Gasteiger partial charge on any atom is 0.573 e. The van der Waals surface area contributed by atoms with Crippen molar-refractivity contribution in [3.05, 3.63) is 60.7 Å². The molecule has 4 aromatic heterocycles. The maximum absolute atomic E-state index is 12.4. The molecule has 0 spiro atoms. The number of halogens is 3. The van der Waals surface area contributed by atoms with Gasteiger partial charge in [-0.2, -0.15) is 10.1 Å². The van der Waals surface area contributed by atoms with Crippen molar-refractivity contribution in [2.45, 2.75) is 19.8 Å². The summed E-state index contributed by atoms with van der Waals surface area (Å²) in [6, 6.07) is 9.08. The van der Waals surface area contributed by atoms with Crippen LogP contribution in [0.1, 0.15) is 5.69 Å². The highest BCUT2D eigenvalue weighted by Gasteiger charge is 2.31. The Morgan fingerprint density at radius 3 is 2.45 bits per heavy atom. The van der Waals surface area contributed by atoms with Gasteiger partial charge in [0.25, 0.3) is 0 Å². The number of hydrogen-bond acceptors (Lipinski definition) is 10. The van der Waals surface area contributed by atoms with Crippen LogP contribution in [0.3, 0.4) is 0 Å². The van der Waals surface area contributed by atoms with Crippen molar-refractivity contribution in [2.75, 3.05) is 43.2 Å². The van der Waals surface area contributed by atoms with E-state index in [0.29, 0.717) is 34.6 Å². The third-order valence-corrected chi connectivity index (χ3v) is 6.52. The Kier molecular flexibility index (Phi) is 7.85. The minimum Gasteiger partial charge on any atom is -0.406 e. The highest BCUT2D eigenvalue weighted by molar-refractivity contribution is 5.80. The number of nitrogens with zero attached hydrogens (tertiary/aromatic N) is 9. The van der Waals surface area contributed by atoms with Gasteiger partial charge < -0.3 is 25.2 Å². The number of nitrogens with one attached hydrogen (secondary N) is 2. The minimum absolute atomic E-state index is 0.305.